The van der Waals surface area contributed by atoms with Crippen molar-refractivity contribution in [3.8, 4) is 22.9 Å². The van der Waals surface area contributed by atoms with E-state index in [9.17, 15) is 15.0 Å². The minimum absolute atomic E-state index is 0.0950. The number of amidine groups is 1. The summed E-state index contributed by atoms with van der Waals surface area (Å²) in [7, 11) is 3.20. The van der Waals surface area contributed by atoms with E-state index in [2.05, 4.69) is 30.0 Å². The number of aromatic amines is 2. The number of carbonyl (C=O) groups is 1. The first-order chi connectivity index (χ1) is 24.8. The smallest absolute Gasteiger partial charge is 0.295 e. The van der Waals surface area contributed by atoms with E-state index in [0.717, 1.165) is 44.4 Å². The van der Waals surface area contributed by atoms with E-state index >= 15 is 0 Å². The maximum Gasteiger partial charge on any atom is 0.295 e. The summed E-state index contributed by atoms with van der Waals surface area (Å²) >= 11 is 0. The molecular formula is C37H36N6O8. The molecule has 0 radical (unpaired) electrons. The van der Waals surface area contributed by atoms with Crippen LogP contribution in [0, 0.1) is 0 Å². The first kappa shape index (κ1) is 35.7. The van der Waals surface area contributed by atoms with Gasteiger partial charge in [-0.25, -0.2) is 0 Å². The van der Waals surface area contributed by atoms with Crippen LogP contribution < -0.4 is 15.2 Å². The van der Waals surface area contributed by atoms with E-state index in [4.69, 9.17) is 24.9 Å². The van der Waals surface area contributed by atoms with Crippen molar-refractivity contribution in [3.05, 3.63) is 132 Å². The van der Waals surface area contributed by atoms with Crippen LogP contribution in [0.1, 0.15) is 35.0 Å². The number of hydrogen-bond donors (Lipinski definition) is 6. The molecule has 7 rings (SSSR count). The number of nitrogens with two attached hydrogens (primary N) is 1. The summed E-state index contributed by atoms with van der Waals surface area (Å²) in [6.07, 6.45) is 1.85. The third-order valence-electron chi connectivity index (χ3n) is 7.73. The molecule has 7 aromatic rings. The SMILES string of the molecule is COc1ccc(-c2noc(C(O)Cc3c[nH]c4ccccc34)n2)cc1.COc1ccc(C(N)=NO)cc1.O=COC(O)c1c[nH]c2ccccc12. The number of benzene rings is 4. The summed E-state index contributed by atoms with van der Waals surface area (Å²) in [5.41, 5.74) is 10.3. The van der Waals surface area contributed by atoms with Crippen LogP contribution in [-0.4, -0.2) is 62.1 Å². The van der Waals surface area contributed by atoms with E-state index in [1.807, 2.05) is 79.0 Å². The number of oxime groups is 1. The lowest BCUT2D eigenvalue weighted by Gasteiger charge is -2.05. The van der Waals surface area contributed by atoms with Gasteiger partial charge < -0.3 is 49.9 Å². The number of nitrogens with one attached hydrogen (secondary N) is 2. The summed E-state index contributed by atoms with van der Waals surface area (Å²) in [5.74, 6) is 2.24. The Morgan fingerprint density at radius 1 is 0.863 bits per heavy atom. The van der Waals surface area contributed by atoms with Gasteiger partial charge in [0.25, 0.3) is 12.4 Å². The predicted octanol–water partition coefficient (Wildman–Crippen LogP) is 5.62. The van der Waals surface area contributed by atoms with Gasteiger partial charge in [-0.3, -0.25) is 4.79 Å². The summed E-state index contributed by atoms with van der Waals surface area (Å²) in [6, 6.07) is 29.7. The molecule has 14 nitrogen and oxygen atoms in total. The topological polar surface area (TPSA) is 214 Å². The number of para-hydroxylation sites is 2. The second-order valence-electron chi connectivity index (χ2n) is 10.9. The van der Waals surface area contributed by atoms with Gasteiger partial charge in [0.2, 0.25) is 12.1 Å². The third-order valence-corrected chi connectivity index (χ3v) is 7.73. The first-order valence-electron chi connectivity index (χ1n) is 15.5. The van der Waals surface area contributed by atoms with Crippen molar-refractivity contribution in [2.45, 2.75) is 18.8 Å². The normalized spacial score (nSPS) is 12.2. The number of aliphatic hydroxyl groups is 2. The van der Waals surface area contributed by atoms with Gasteiger partial charge in [-0.05, 0) is 66.2 Å². The second kappa shape index (κ2) is 17.1. The lowest BCUT2D eigenvalue weighted by Crippen LogP contribution is -2.12. The van der Waals surface area contributed by atoms with Crippen LogP contribution in [0.4, 0.5) is 0 Å². The number of methoxy groups -OCH3 is 2. The molecule has 0 aliphatic heterocycles. The molecule has 7 N–H and O–H groups in total. The molecule has 262 valence electrons. The van der Waals surface area contributed by atoms with Crippen LogP contribution in [0.15, 0.2) is 119 Å². The van der Waals surface area contributed by atoms with Crippen molar-refractivity contribution in [1.82, 2.24) is 20.1 Å². The molecule has 2 unspecified atom stereocenters. The quantitative estimate of drug-likeness (QED) is 0.0258. The molecule has 0 saturated carbocycles. The zero-order valence-electron chi connectivity index (χ0n) is 27.6. The predicted molar refractivity (Wildman–Crippen MR) is 189 cm³/mol. The number of aliphatic hydroxyl groups excluding tert-OH is 2. The largest absolute Gasteiger partial charge is 0.497 e. The number of ether oxygens (including phenoxy) is 3. The average Bonchev–Trinajstić information content (AvgIpc) is 3.95. The van der Waals surface area contributed by atoms with Crippen LogP contribution >= 0.6 is 0 Å². The molecular weight excluding hydrogens is 656 g/mol. The molecule has 0 bridgehead atoms. The number of H-pyrrole nitrogens is 2. The summed E-state index contributed by atoms with van der Waals surface area (Å²) in [6.45, 7) is 0.229. The van der Waals surface area contributed by atoms with Gasteiger partial charge in [-0.15, -0.1) is 0 Å². The summed E-state index contributed by atoms with van der Waals surface area (Å²) < 4.78 is 19.8. The minimum Gasteiger partial charge on any atom is -0.497 e. The highest BCUT2D eigenvalue weighted by molar-refractivity contribution is 5.97. The fourth-order valence-corrected chi connectivity index (χ4v) is 5.07. The van der Waals surface area contributed by atoms with E-state index in [-0.39, 0.29) is 18.2 Å². The van der Waals surface area contributed by atoms with Crippen molar-refractivity contribution in [1.29, 1.82) is 0 Å². The number of nitrogens with zero attached hydrogens (tertiary/aromatic N) is 3. The summed E-state index contributed by atoms with van der Waals surface area (Å²) in [4.78, 5) is 20.5. The van der Waals surface area contributed by atoms with E-state index in [1.54, 1.807) is 44.7 Å². The van der Waals surface area contributed by atoms with E-state index in [0.29, 0.717) is 23.4 Å². The molecule has 51 heavy (non-hydrogen) atoms. The Bertz CT molecular complexity index is 2170. The number of hydrogen-bond acceptors (Lipinski definition) is 11. The first-order valence-corrected chi connectivity index (χ1v) is 15.5. The van der Waals surface area contributed by atoms with Crippen molar-refractivity contribution in [3.63, 3.8) is 0 Å². The Morgan fingerprint density at radius 3 is 2.08 bits per heavy atom. The van der Waals surface area contributed by atoms with Crippen LogP contribution in [0.5, 0.6) is 11.5 Å². The standard InChI is InChI=1S/C19H17N3O3.C10H9NO3.C8H10N2O2/c1-24-14-8-6-12(7-9-14)18-21-19(25-22-18)17(23)10-13-11-20-16-5-3-2-4-15(13)16;12-6-14-10(13)8-5-11-9-4-2-1-3-7(8)9;1-12-7-4-2-6(3-5-7)8(9)10-11/h2-9,11,17,20,23H,10H2,1H3;1-6,10-11,13H;2-5,11H,1H3,(H2,9,10). The molecule has 0 spiro atoms. The number of carbonyl (C=O) groups excluding carboxylic acids is 1. The highest BCUT2D eigenvalue weighted by Gasteiger charge is 2.19. The molecule has 0 aliphatic rings. The van der Waals surface area contributed by atoms with Gasteiger partial charge in [0, 0.05) is 57.3 Å². The lowest BCUT2D eigenvalue weighted by atomic mass is 10.1. The van der Waals surface area contributed by atoms with Gasteiger partial charge in [-0.1, -0.05) is 46.7 Å². The number of fused-ring (bicyclic) bond motifs is 2. The number of rotatable bonds is 10. The Kier molecular flexibility index (Phi) is 12.0. The van der Waals surface area contributed by atoms with Gasteiger partial charge in [0.15, 0.2) is 5.84 Å². The van der Waals surface area contributed by atoms with Gasteiger partial charge in [0.1, 0.15) is 17.6 Å². The van der Waals surface area contributed by atoms with Crippen LogP contribution in [0.3, 0.4) is 0 Å². The summed E-state index contributed by atoms with van der Waals surface area (Å²) in [5, 5.41) is 37.0. The molecule has 3 aromatic heterocycles. The molecule has 0 aliphatic carbocycles. The maximum atomic E-state index is 10.5. The molecule has 4 aromatic carbocycles. The lowest BCUT2D eigenvalue weighted by molar-refractivity contribution is -0.152. The fraction of sp³-hybridized carbons (Fsp3) is 0.135. The molecule has 14 heteroatoms. The molecule has 3 heterocycles. The Labute approximate surface area is 291 Å². The fourth-order valence-electron chi connectivity index (χ4n) is 5.07. The Hall–Kier alpha value is -6.64. The zero-order valence-corrected chi connectivity index (χ0v) is 27.6. The Balaban J connectivity index is 0.000000164. The van der Waals surface area contributed by atoms with Crippen molar-refractivity contribution in [2.24, 2.45) is 10.9 Å². The minimum atomic E-state index is -1.20. The maximum absolute atomic E-state index is 10.5. The van der Waals surface area contributed by atoms with E-state index < -0.39 is 12.4 Å². The van der Waals surface area contributed by atoms with Crippen molar-refractivity contribution < 1.29 is 38.9 Å². The second-order valence-corrected chi connectivity index (χ2v) is 10.9. The van der Waals surface area contributed by atoms with Crippen LogP contribution in [-0.2, 0) is 16.0 Å². The molecule has 0 fully saturated rings. The van der Waals surface area contributed by atoms with Crippen LogP contribution in [0.25, 0.3) is 33.2 Å². The van der Waals surface area contributed by atoms with Gasteiger partial charge in [-0.2, -0.15) is 4.98 Å². The zero-order chi connectivity index (χ0) is 36.2. The van der Waals surface area contributed by atoms with Gasteiger partial charge in [0.05, 0.1) is 14.2 Å². The molecule has 0 amide bonds. The molecule has 0 saturated heterocycles. The van der Waals surface area contributed by atoms with Crippen molar-refractivity contribution in [2.75, 3.05) is 14.2 Å². The highest BCUT2D eigenvalue weighted by atomic mass is 16.6. The third kappa shape index (κ3) is 8.89. The van der Waals surface area contributed by atoms with Gasteiger partial charge >= 0.3 is 0 Å². The number of aromatic nitrogens is 4. The Morgan fingerprint density at radius 2 is 1.45 bits per heavy atom. The highest BCUT2D eigenvalue weighted by Crippen LogP contribution is 2.26. The molecule has 2 atom stereocenters. The van der Waals surface area contributed by atoms with Crippen LogP contribution in [0.2, 0.25) is 0 Å². The van der Waals surface area contributed by atoms with Crippen molar-refractivity contribution >= 4 is 34.1 Å². The monoisotopic (exact) mass is 692 g/mol. The average molecular weight is 693 g/mol. The van der Waals surface area contributed by atoms with E-state index in [1.165, 1.54) is 0 Å².